The third-order valence-electron chi connectivity index (χ3n) is 7.38. The summed E-state index contributed by atoms with van der Waals surface area (Å²) in [7, 11) is 0. The van der Waals surface area contributed by atoms with Crippen LogP contribution in [0.25, 0.3) is 11.4 Å². The second-order valence-corrected chi connectivity index (χ2v) is 9.79. The van der Waals surface area contributed by atoms with E-state index in [9.17, 15) is 23.1 Å². The van der Waals surface area contributed by atoms with Crippen LogP contribution in [0.5, 0.6) is 5.75 Å². The van der Waals surface area contributed by atoms with Gasteiger partial charge in [0.2, 0.25) is 0 Å². The molecule has 0 bridgehead atoms. The minimum atomic E-state index is -4.78. The molecule has 1 aromatic carbocycles. The molecule has 7 nitrogen and oxygen atoms in total. The summed E-state index contributed by atoms with van der Waals surface area (Å²) in [4.78, 5) is 22.6. The van der Waals surface area contributed by atoms with Crippen LogP contribution in [0.3, 0.4) is 0 Å². The van der Waals surface area contributed by atoms with Gasteiger partial charge in [-0.15, -0.1) is 13.2 Å². The monoisotopic (exact) mass is 492 g/mol. The van der Waals surface area contributed by atoms with Gasteiger partial charge in [-0.05, 0) is 64.1 Å². The number of halogens is 3. The number of hydrogen-bond acceptors (Lipinski definition) is 5. The number of likely N-dealkylation sites (tertiary alicyclic amines) is 2. The minimum absolute atomic E-state index is 0.0746. The number of carbonyl (C=O) groups is 1. The van der Waals surface area contributed by atoms with Crippen molar-refractivity contribution in [2.75, 3.05) is 26.2 Å². The van der Waals surface area contributed by atoms with Crippen molar-refractivity contribution in [1.82, 2.24) is 19.4 Å². The van der Waals surface area contributed by atoms with Crippen molar-refractivity contribution in [2.24, 2.45) is 0 Å². The molecule has 1 aromatic heterocycles. The third-order valence-corrected chi connectivity index (χ3v) is 7.38. The summed E-state index contributed by atoms with van der Waals surface area (Å²) in [6, 6.07) is 6.48. The van der Waals surface area contributed by atoms with E-state index in [0.29, 0.717) is 41.9 Å². The van der Waals surface area contributed by atoms with Crippen LogP contribution in [0.1, 0.15) is 60.7 Å². The van der Waals surface area contributed by atoms with Crippen molar-refractivity contribution in [3.8, 4) is 17.1 Å². The lowest BCUT2D eigenvalue weighted by molar-refractivity contribution is -0.274. The molecule has 2 saturated heterocycles. The van der Waals surface area contributed by atoms with Gasteiger partial charge in [0, 0.05) is 36.8 Å². The van der Waals surface area contributed by atoms with Crippen molar-refractivity contribution >= 4 is 5.91 Å². The van der Waals surface area contributed by atoms with Crippen LogP contribution in [-0.2, 0) is 0 Å². The summed E-state index contributed by atoms with van der Waals surface area (Å²) in [6.45, 7) is 4.23. The summed E-state index contributed by atoms with van der Waals surface area (Å²) >= 11 is 0. The van der Waals surface area contributed by atoms with Gasteiger partial charge in [-0.25, -0.2) is 4.98 Å². The molecule has 1 atom stereocenters. The zero-order chi connectivity index (χ0) is 24.7. The number of aliphatic hydroxyl groups excluding tert-OH is 1. The third kappa shape index (κ3) is 5.04. The number of aryl methyl sites for hydroxylation is 1. The molecule has 3 fully saturated rings. The van der Waals surface area contributed by atoms with Gasteiger partial charge < -0.3 is 19.3 Å². The Balaban J connectivity index is 1.37. The van der Waals surface area contributed by atoms with Crippen molar-refractivity contribution in [2.45, 2.75) is 69.9 Å². The van der Waals surface area contributed by atoms with Gasteiger partial charge in [-0.1, -0.05) is 12.1 Å². The van der Waals surface area contributed by atoms with Crippen LogP contribution in [0.15, 0.2) is 24.3 Å². The molecule has 3 heterocycles. The Morgan fingerprint density at radius 2 is 1.86 bits per heavy atom. The van der Waals surface area contributed by atoms with Crippen LogP contribution in [0.4, 0.5) is 13.2 Å². The summed E-state index contributed by atoms with van der Waals surface area (Å²) in [6.07, 6.45) is 0.878. The molecule has 5 rings (SSSR count). The number of rotatable bonds is 6. The highest BCUT2D eigenvalue weighted by Crippen LogP contribution is 2.41. The average molecular weight is 493 g/mol. The SMILES string of the molecule is Cc1nc(-c2cccc(OC(F)(F)F)c2)n(C2CC2)c1C(=O)N1CCC(N2CCC[C@H]2CO)CC1. The van der Waals surface area contributed by atoms with Crippen LogP contribution < -0.4 is 4.74 Å². The Morgan fingerprint density at radius 1 is 1.11 bits per heavy atom. The van der Waals surface area contributed by atoms with E-state index in [1.54, 1.807) is 13.0 Å². The zero-order valence-corrected chi connectivity index (χ0v) is 19.8. The Morgan fingerprint density at radius 3 is 2.51 bits per heavy atom. The van der Waals surface area contributed by atoms with Crippen LogP contribution >= 0.6 is 0 Å². The van der Waals surface area contributed by atoms with E-state index in [1.807, 2.05) is 9.47 Å². The molecule has 1 amide bonds. The molecule has 10 heteroatoms. The Labute approximate surface area is 202 Å². The van der Waals surface area contributed by atoms with E-state index in [1.165, 1.54) is 18.2 Å². The van der Waals surface area contributed by atoms with E-state index in [4.69, 9.17) is 0 Å². The lowest BCUT2D eigenvalue weighted by Crippen LogP contribution is -2.49. The van der Waals surface area contributed by atoms with Crippen LogP contribution in [-0.4, -0.2) is 75.1 Å². The van der Waals surface area contributed by atoms with Crippen molar-refractivity contribution in [1.29, 1.82) is 0 Å². The van der Waals surface area contributed by atoms with Gasteiger partial charge in [-0.3, -0.25) is 9.69 Å². The normalized spacial score (nSPS) is 22.1. The smallest absolute Gasteiger partial charge is 0.406 e. The van der Waals surface area contributed by atoms with Crippen LogP contribution in [0, 0.1) is 6.92 Å². The lowest BCUT2D eigenvalue weighted by atomic mass is 10.0. The summed E-state index contributed by atoms with van der Waals surface area (Å²) in [5, 5.41) is 9.66. The van der Waals surface area contributed by atoms with E-state index >= 15 is 0 Å². The number of amides is 1. The maximum atomic E-state index is 13.7. The van der Waals surface area contributed by atoms with Gasteiger partial charge in [-0.2, -0.15) is 0 Å². The average Bonchev–Trinajstić information content (AvgIpc) is 3.44. The molecular formula is C25H31F3N4O3. The number of nitrogens with zero attached hydrogens (tertiary/aromatic N) is 4. The highest BCUT2D eigenvalue weighted by Gasteiger charge is 2.38. The second-order valence-electron chi connectivity index (χ2n) is 9.79. The van der Waals surface area contributed by atoms with Crippen LogP contribution in [0.2, 0.25) is 0 Å². The quantitative estimate of drug-likeness (QED) is 0.656. The fraction of sp³-hybridized carbons (Fsp3) is 0.600. The fourth-order valence-corrected chi connectivity index (χ4v) is 5.61. The molecule has 0 radical (unpaired) electrons. The summed E-state index contributed by atoms with van der Waals surface area (Å²) in [5.74, 6) is 0.115. The second kappa shape index (κ2) is 9.46. The maximum absolute atomic E-state index is 13.7. The molecule has 35 heavy (non-hydrogen) atoms. The molecule has 0 unspecified atom stereocenters. The Bertz CT molecular complexity index is 1070. The van der Waals surface area contributed by atoms with Crippen molar-refractivity contribution in [3.63, 3.8) is 0 Å². The number of aromatic nitrogens is 2. The number of alkyl halides is 3. The molecular weight excluding hydrogens is 461 g/mol. The van der Waals surface area contributed by atoms with E-state index in [-0.39, 0.29) is 30.3 Å². The molecule has 1 aliphatic carbocycles. The minimum Gasteiger partial charge on any atom is -0.406 e. The number of ether oxygens (including phenoxy) is 1. The fourth-order valence-electron chi connectivity index (χ4n) is 5.61. The first kappa shape index (κ1) is 24.1. The van der Waals surface area contributed by atoms with Crippen molar-refractivity contribution in [3.05, 3.63) is 35.7 Å². The molecule has 0 spiro atoms. The van der Waals surface area contributed by atoms with E-state index in [0.717, 1.165) is 45.1 Å². The molecule has 2 aromatic rings. The van der Waals surface area contributed by atoms with E-state index in [2.05, 4.69) is 14.6 Å². The number of benzene rings is 1. The number of piperidine rings is 1. The molecule has 1 saturated carbocycles. The maximum Gasteiger partial charge on any atom is 0.573 e. The predicted molar refractivity (Wildman–Crippen MR) is 123 cm³/mol. The van der Waals surface area contributed by atoms with E-state index < -0.39 is 6.36 Å². The van der Waals surface area contributed by atoms with Gasteiger partial charge in [0.05, 0.1) is 12.3 Å². The molecule has 2 aliphatic heterocycles. The van der Waals surface area contributed by atoms with Crippen molar-refractivity contribution < 1.29 is 27.8 Å². The molecule has 190 valence electrons. The number of aliphatic hydroxyl groups is 1. The topological polar surface area (TPSA) is 70.8 Å². The zero-order valence-electron chi connectivity index (χ0n) is 19.8. The molecule has 3 aliphatic rings. The highest BCUT2D eigenvalue weighted by atomic mass is 19.4. The first-order valence-electron chi connectivity index (χ1n) is 12.4. The standard InChI is InChI=1S/C25H31F3N4O3/c1-16-22(24(34)30-12-9-18(10-13-30)31-11-3-5-20(31)15-33)32(19-7-8-19)23(29-16)17-4-2-6-21(14-17)35-25(26,27)28/h2,4,6,14,18-20,33H,3,5,7-13,15H2,1H3/t20-/m0/s1. The number of hydrogen-bond donors (Lipinski definition) is 1. The largest absolute Gasteiger partial charge is 0.573 e. The van der Waals surface area contributed by atoms with Gasteiger partial charge in [0.15, 0.2) is 0 Å². The first-order valence-corrected chi connectivity index (χ1v) is 12.4. The first-order chi connectivity index (χ1) is 16.7. The predicted octanol–water partition coefficient (Wildman–Crippen LogP) is 4.15. The lowest BCUT2D eigenvalue weighted by Gasteiger charge is -2.39. The number of imidazole rings is 1. The Kier molecular flexibility index (Phi) is 6.52. The van der Waals surface area contributed by atoms with Gasteiger partial charge in [0.1, 0.15) is 17.3 Å². The molecule has 1 N–H and O–H groups in total. The Hall–Kier alpha value is -2.59. The van der Waals surface area contributed by atoms with Gasteiger partial charge in [0.25, 0.3) is 5.91 Å². The summed E-state index contributed by atoms with van der Waals surface area (Å²) in [5.41, 5.74) is 1.60. The highest BCUT2D eigenvalue weighted by molar-refractivity contribution is 5.95. The summed E-state index contributed by atoms with van der Waals surface area (Å²) < 4.78 is 44.2. The number of carbonyl (C=O) groups excluding carboxylic acids is 1. The van der Waals surface area contributed by atoms with Gasteiger partial charge >= 0.3 is 6.36 Å².